The molecule has 2 heterocycles. The Balaban J connectivity index is 2.47. The van der Waals surface area contributed by atoms with Gasteiger partial charge in [0, 0.05) is 18.6 Å². The first-order valence-corrected chi connectivity index (χ1v) is 5.28. The van der Waals surface area contributed by atoms with Crippen molar-refractivity contribution in [1.29, 1.82) is 0 Å². The van der Waals surface area contributed by atoms with Gasteiger partial charge < -0.3 is 4.57 Å². The summed E-state index contributed by atoms with van der Waals surface area (Å²) in [6.07, 6.45) is 5.25. The second-order valence-corrected chi connectivity index (χ2v) is 3.46. The van der Waals surface area contributed by atoms with E-state index in [1.165, 1.54) is 0 Å². The fourth-order valence-corrected chi connectivity index (χ4v) is 1.48. The molecule has 0 radical (unpaired) electrons. The molecule has 0 aliphatic heterocycles. The van der Waals surface area contributed by atoms with E-state index < -0.39 is 0 Å². The molecule has 2 rings (SSSR count). The Kier molecular flexibility index (Phi) is 2.58. The van der Waals surface area contributed by atoms with Crippen molar-refractivity contribution in [3.63, 3.8) is 0 Å². The molecule has 0 spiro atoms. The number of halogens is 1. The zero-order chi connectivity index (χ0) is 9.97. The van der Waals surface area contributed by atoms with Crippen molar-refractivity contribution in [2.45, 2.75) is 5.33 Å². The second kappa shape index (κ2) is 3.88. The molecular formula is C9H9BrN4. The van der Waals surface area contributed by atoms with E-state index in [0.29, 0.717) is 5.82 Å². The zero-order valence-electron chi connectivity index (χ0n) is 7.68. The molecule has 4 nitrogen and oxygen atoms in total. The summed E-state index contributed by atoms with van der Waals surface area (Å²) in [7, 11) is 1.92. The van der Waals surface area contributed by atoms with E-state index in [4.69, 9.17) is 0 Å². The average Bonchev–Trinajstić information content (AvgIpc) is 2.65. The molecule has 0 fully saturated rings. The summed E-state index contributed by atoms with van der Waals surface area (Å²) in [6.45, 7) is 0. The maximum atomic E-state index is 4.38. The van der Waals surface area contributed by atoms with Crippen LogP contribution in [-0.2, 0) is 12.4 Å². The minimum Gasteiger partial charge on any atom is -0.331 e. The van der Waals surface area contributed by atoms with Gasteiger partial charge in [0.1, 0.15) is 5.69 Å². The lowest BCUT2D eigenvalue weighted by atomic mass is 10.4. The summed E-state index contributed by atoms with van der Waals surface area (Å²) in [5.41, 5.74) is 1.89. The van der Waals surface area contributed by atoms with Crippen LogP contribution in [0.15, 0.2) is 24.8 Å². The number of hydrogen-bond acceptors (Lipinski definition) is 3. The topological polar surface area (TPSA) is 43.6 Å². The predicted octanol–water partition coefficient (Wildman–Crippen LogP) is 1.77. The van der Waals surface area contributed by atoms with Gasteiger partial charge in [-0.15, -0.1) is 0 Å². The Hall–Kier alpha value is -1.23. The van der Waals surface area contributed by atoms with Gasteiger partial charge in [0.15, 0.2) is 5.82 Å². The molecular weight excluding hydrogens is 244 g/mol. The number of aromatic nitrogens is 4. The first-order chi connectivity index (χ1) is 6.81. The van der Waals surface area contributed by atoms with Crippen LogP contribution in [0.25, 0.3) is 11.5 Å². The number of rotatable bonds is 2. The normalized spacial score (nSPS) is 10.4. The van der Waals surface area contributed by atoms with Crippen LogP contribution in [0, 0.1) is 0 Å². The summed E-state index contributed by atoms with van der Waals surface area (Å²) in [5, 5.41) is 0.736. The van der Waals surface area contributed by atoms with Crippen molar-refractivity contribution in [1.82, 2.24) is 19.5 Å². The van der Waals surface area contributed by atoms with Gasteiger partial charge in [-0.05, 0) is 6.07 Å². The third-order valence-electron chi connectivity index (χ3n) is 1.90. The molecule has 2 aromatic heterocycles. The molecule has 0 aromatic carbocycles. The highest BCUT2D eigenvalue weighted by molar-refractivity contribution is 9.08. The third-order valence-corrected chi connectivity index (χ3v) is 2.47. The van der Waals surface area contributed by atoms with Crippen LogP contribution in [0.4, 0.5) is 0 Å². The monoisotopic (exact) mass is 252 g/mol. The fraction of sp³-hybridized carbons (Fsp3) is 0.222. The first-order valence-electron chi connectivity index (χ1n) is 4.16. The number of aryl methyl sites for hydroxylation is 1. The van der Waals surface area contributed by atoms with E-state index in [1.807, 2.05) is 17.7 Å². The highest BCUT2D eigenvalue weighted by Crippen LogP contribution is 2.13. The van der Waals surface area contributed by atoms with Crippen molar-refractivity contribution in [2.75, 3.05) is 0 Å². The van der Waals surface area contributed by atoms with E-state index in [-0.39, 0.29) is 0 Å². The minimum absolute atomic E-state index is 0.710. The van der Waals surface area contributed by atoms with Gasteiger partial charge in [0.05, 0.1) is 18.2 Å². The van der Waals surface area contributed by atoms with Crippen LogP contribution in [0.2, 0.25) is 0 Å². The van der Waals surface area contributed by atoms with E-state index in [0.717, 1.165) is 16.7 Å². The van der Waals surface area contributed by atoms with E-state index in [9.17, 15) is 0 Å². The SMILES string of the molecule is Cn1cncc1-c1nccc(CBr)n1. The zero-order valence-corrected chi connectivity index (χ0v) is 9.27. The Morgan fingerprint density at radius 2 is 2.36 bits per heavy atom. The Bertz CT molecular complexity index is 438. The summed E-state index contributed by atoms with van der Waals surface area (Å²) < 4.78 is 1.90. The van der Waals surface area contributed by atoms with Crippen LogP contribution in [0.3, 0.4) is 0 Å². The molecule has 0 atom stereocenters. The smallest absolute Gasteiger partial charge is 0.178 e. The van der Waals surface area contributed by atoms with Gasteiger partial charge in [-0.25, -0.2) is 15.0 Å². The molecule has 5 heteroatoms. The van der Waals surface area contributed by atoms with Crippen molar-refractivity contribution >= 4 is 15.9 Å². The Morgan fingerprint density at radius 1 is 1.50 bits per heavy atom. The summed E-state index contributed by atoms with van der Waals surface area (Å²) >= 11 is 3.36. The van der Waals surface area contributed by atoms with Crippen molar-refractivity contribution in [2.24, 2.45) is 7.05 Å². The van der Waals surface area contributed by atoms with Crippen molar-refractivity contribution in [3.05, 3.63) is 30.5 Å². The van der Waals surface area contributed by atoms with Crippen LogP contribution in [0.1, 0.15) is 5.69 Å². The second-order valence-electron chi connectivity index (χ2n) is 2.90. The standard InChI is InChI=1S/C9H9BrN4/c1-14-6-11-5-8(14)9-12-3-2-7(4-10)13-9/h2-3,5-6H,4H2,1H3. The van der Waals surface area contributed by atoms with Crippen LogP contribution < -0.4 is 0 Å². The molecule has 0 bridgehead atoms. The maximum absolute atomic E-state index is 4.38. The predicted molar refractivity (Wildman–Crippen MR) is 56.9 cm³/mol. The molecule has 0 amide bonds. The molecule has 0 N–H and O–H groups in total. The number of nitrogens with zero attached hydrogens (tertiary/aromatic N) is 4. The van der Waals surface area contributed by atoms with Crippen LogP contribution >= 0.6 is 15.9 Å². The lowest BCUT2D eigenvalue weighted by molar-refractivity contribution is 0.905. The molecule has 0 aliphatic rings. The highest BCUT2D eigenvalue weighted by atomic mass is 79.9. The minimum atomic E-state index is 0.710. The van der Waals surface area contributed by atoms with Gasteiger partial charge in [-0.1, -0.05) is 15.9 Å². The van der Waals surface area contributed by atoms with E-state index in [2.05, 4.69) is 30.9 Å². The Morgan fingerprint density at radius 3 is 3.00 bits per heavy atom. The quantitative estimate of drug-likeness (QED) is 0.766. The summed E-state index contributed by atoms with van der Waals surface area (Å²) in [5.74, 6) is 0.710. The number of hydrogen-bond donors (Lipinski definition) is 0. The van der Waals surface area contributed by atoms with E-state index >= 15 is 0 Å². The number of alkyl halides is 1. The summed E-state index contributed by atoms with van der Waals surface area (Å²) in [6, 6.07) is 1.88. The molecule has 72 valence electrons. The van der Waals surface area contributed by atoms with Crippen molar-refractivity contribution < 1.29 is 0 Å². The van der Waals surface area contributed by atoms with Crippen molar-refractivity contribution in [3.8, 4) is 11.5 Å². The largest absolute Gasteiger partial charge is 0.331 e. The lowest BCUT2D eigenvalue weighted by Crippen LogP contribution is -1.96. The maximum Gasteiger partial charge on any atom is 0.178 e. The molecule has 0 unspecified atom stereocenters. The molecule has 0 saturated carbocycles. The van der Waals surface area contributed by atoms with Gasteiger partial charge in [0.25, 0.3) is 0 Å². The Labute approximate surface area is 90.2 Å². The van der Waals surface area contributed by atoms with E-state index in [1.54, 1.807) is 18.7 Å². The molecule has 0 aliphatic carbocycles. The fourth-order valence-electron chi connectivity index (χ4n) is 1.17. The molecule has 14 heavy (non-hydrogen) atoms. The van der Waals surface area contributed by atoms with Gasteiger partial charge in [-0.2, -0.15) is 0 Å². The molecule has 2 aromatic rings. The molecule has 0 saturated heterocycles. The summed E-state index contributed by atoms with van der Waals surface area (Å²) in [4.78, 5) is 12.6. The van der Waals surface area contributed by atoms with Crippen LogP contribution in [0.5, 0.6) is 0 Å². The third kappa shape index (κ3) is 1.68. The highest BCUT2D eigenvalue weighted by Gasteiger charge is 2.05. The van der Waals surface area contributed by atoms with Crippen LogP contribution in [-0.4, -0.2) is 19.5 Å². The first kappa shape index (κ1) is 9.33. The van der Waals surface area contributed by atoms with Gasteiger partial charge >= 0.3 is 0 Å². The van der Waals surface area contributed by atoms with Gasteiger partial charge in [-0.3, -0.25) is 0 Å². The number of imidazole rings is 1. The average molecular weight is 253 g/mol. The lowest BCUT2D eigenvalue weighted by Gasteiger charge is -2.01. The van der Waals surface area contributed by atoms with Gasteiger partial charge in [0.2, 0.25) is 0 Å².